The SMILES string of the molecule is C[C-]1COCCN(c2nccc(-c3cnc4ccc(C5CC5)cn34)n2)C1.[Lr]. The monoisotopic (exact) mass is 610 g/mol. The Bertz CT molecular complexity index is 939. The standard InChI is InChI=1S/C20H22N5O.Lr/c1-14-11-24(8-9-26-13-14)20-21-7-6-17(23-20)18-10-22-19-5-4-16(12-25(18)19)15-2-3-15;/h4-7,10,12,15H,2-3,8-9,11,13H2,1H3;/q-1;. The fourth-order valence-corrected chi connectivity index (χ4v) is 3.53. The first kappa shape index (κ1) is 17.0. The molecule has 0 spiro atoms. The van der Waals surface area contributed by atoms with Crippen molar-refractivity contribution >= 4 is 11.6 Å². The molecule has 1 saturated heterocycles. The van der Waals surface area contributed by atoms with Crippen LogP contribution in [0.1, 0.15) is 31.2 Å². The van der Waals surface area contributed by atoms with Gasteiger partial charge in [-0.15, -0.1) is 0 Å². The number of hydrogen-bond acceptors (Lipinski definition) is 5. The molecule has 2 aliphatic rings. The van der Waals surface area contributed by atoms with Gasteiger partial charge < -0.3 is 9.64 Å². The van der Waals surface area contributed by atoms with Crippen LogP contribution in [0, 0.1) is 5.92 Å². The van der Waals surface area contributed by atoms with Crippen LogP contribution in [-0.2, 0) is 4.74 Å². The molecule has 5 rings (SSSR count). The summed E-state index contributed by atoms with van der Waals surface area (Å²) in [5.74, 6) is 2.76. The Morgan fingerprint density at radius 3 is 2.93 bits per heavy atom. The molecule has 0 bridgehead atoms. The molecular formula is C20H22LrN5O-. The van der Waals surface area contributed by atoms with Crippen molar-refractivity contribution in [2.45, 2.75) is 25.7 Å². The van der Waals surface area contributed by atoms with Gasteiger partial charge in [-0.05, 0) is 36.5 Å². The minimum atomic E-state index is 0. The molecule has 2 fully saturated rings. The van der Waals surface area contributed by atoms with Gasteiger partial charge in [-0.1, -0.05) is 19.2 Å². The van der Waals surface area contributed by atoms with Crippen LogP contribution < -0.4 is 4.90 Å². The summed E-state index contributed by atoms with van der Waals surface area (Å²) < 4.78 is 7.77. The summed E-state index contributed by atoms with van der Waals surface area (Å²) in [7, 11) is 0. The summed E-state index contributed by atoms with van der Waals surface area (Å²) in [6.07, 6.45) is 8.54. The van der Waals surface area contributed by atoms with Gasteiger partial charge in [-0.3, -0.25) is 10.3 Å². The minimum absolute atomic E-state index is 0. The van der Waals surface area contributed by atoms with E-state index in [0.717, 1.165) is 36.1 Å². The van der Waals surface area contributed by atoms with Gasteiger partial charge in [0.15, 0.2) is 0 Å². The molecule has 0 atom stereocenters. The Morgan fingerprint density at radius 1 is 1.19 bits per heavy atom. The van der Waals surface area contributed by atoms with Gasteiger partial charge in [0.05, 0.1) is 24.2 Å². The van der Waals surface area contributed by atoms with E-state index in [1.807, 2.05) is 18.5 Å². The summed E-state index contributed by atoms with van der Waals surface area (Å²) in [5, 5.41) is 0. The van der Waals surface area contributed by atoms with Crippen molar-refractivity contribution in [1.29, 1.82) is 0 Å². The maximum Gasteiger partial charge on any atom is 0.223 e. The second-order valence-corrected chi connectivity index (χ2v) is 7.28. The summed E-state index contributed by atoms with van der Waals surface area (Å²) >= 11 is 0. The van der Waals surface area contributed by atoms with Crippen LogP contribution in [0.3, 0.4) is 0 Å². The molecule has 1 radical (unpaired) electrons. The van der Waals surface area contributed by atoms with Crippen molar-refractivity contribution in [2.24, 2.45) is 0 Å². The summed E-state index contributed by atoms with van der Waals surface area (Å²) in [4.78, 5) is 16.1. The summed E-state index contributed by atoms with van der Waals surface area (Å²) in [5.41, 5.74) is 4.26. The third-order valence-electron chi connectivity index (χ3n) is 5.08. The molecule has 6 nitrogen and oxygen atoms in total. The minimum Gasteiger partial charge on any atom is -0.411 e. The molecule has 0 unspecified atom stereocenters. The van der Waals surface area contributed by atoms with Gasteiger partial charge >= 0.3 is 0 Å². The van der Waals surface area contributed by atoms with E-state index in [9.17, 15) is 0 Å². The molecule has 27 heavy (non-hydrogen) atoms. The van der Waals surface area contributed by atoms with Crippen molar-refractivity contribution in [2.75, 3.05) is 31.2 Å². The van der Waals surface area contributed by atoms with Crippen molar-refractivity contribution in [3.05, 3.63) is 48.3 Å². The molecule has 1 saturated carbocycles. The Balaban J connectivity index is 0.00000180. The molecule has 3 aromatic rings. The van der Waals surface area contributed by atoms with Crippen LogP contribution in [0.5, 0.6) is 0 Å². The molecule has 149 valence electrons. The molecule has 0 aromatic carbocycles. The van der Waals surface area contributed by atoms with Gasteiger partial charge in [0, 0.05) is 18.9 Å². The van der Waals surface area contributed by atoms with Crippen molar-refractivity contribution in [3.63, 3.8) is 0 Å². The summed E-state index contributed by atoms with van der Waals surface area (Å²) in [6, 6.07) is 6.26. The van der Waals surface area contributed by atoms with Crippen LogP contribution in [0.15, 0.2) is 36.8 Å². The molecule has 0 amide bonds. The van der Waals surface area contributed by atoms with E-state index in [2.05, 4.69) is 44.5 Å². The molecule has 4 heterocycles. The topological polar surface area (TPSA) is 55.5 Å². The summed E-state index contributed by atoms with van der Waals surface area (Å²) in [6.45, 7) is 5.17. The Morgan fingerprint density at radius 2 is 2.07 bits per heavy atom. The van der Waals surface area contributed by atoms with Crippen LogP contribution in [0.2, 0.25) is 0 Å². The molecule has 0 N–H and O–H groups in total. The predicted molar refractivity (Wildman–Crippen MR) is 100 cm³/mol. The average Bonchev–Trinajstić information content (AvgIpc) is 3.46. The van der Waals surface area contributed by atoms with Crippen LogP contribution in [-0.4, -0.2) is 45.7 Å². The van der Waals surface area contributed by atoms with E-state index in [0.29, 0.717) is 19.1 Å². The molecule has 1 aliphatic heterocycles. The van der Waals surface area contributed by atoms with Gasteiger partial charge in [0.25, 0.3) is 0 Å². The Hall–Kier alpha value is -3.47. The quantitative estimate of drug-likeness (QED) is 0.427. The normalized spacial score (nSPS) is 18.3. The first-order valence-corrected chi connectivity index (χ1v) is 9.22. The zero-order valence-corrected chi connectivity index (χ0v) is 17.3. The third kappa shape index (κ3) is 3.19. The van der Waals surface area contributed by atoms with Crippen LogP contribution in [0.4, 0.5) is 5.95 Å². The van der Waals surface area contributed by atoms with Crippen LogP contribution >= 0.6 is 0 Å². The van der Waals surface area contributed by atoms with E-state index in [4.69, 9.17) is 9.72 Å². The van der Waals surface area contributed by atoms with Crippen LogP contribution in [0.25, 0.3) is 17.0 Å². The van der Waals surface area contributed by atoms with E-state index in [-0.39, 0.29) is 0 Å². The van der Waals surface area contributed by atoms with Crippen molar-refractivity contribution in [3.8, 4) is 11.4 Å². The fourth-order valence-electron chi connectivity index (χ4n) is 3.53. The van der Waals surface area contributed by atoms with Crippen molar-refractivity contribution < 1.29 is 4.74 Å². The number of imidazole rings is 1. The first-order valence-electron chi connectivity index (χ1n) is 9.22. The van der Waals surface area contributed by atoms with E-state index >= 15 is 0 Å². The van der Waals surface area contributed by atoms with Gasteiger partial charge in [0.2, 0.25) is 5.95 Å². The number of fused-ring (bicyclic) bond motifs is 1. The molecule has 7 heteroatoms. The van der Waals surface area contributed by atoms with Gasteiger partial charge in [-0.25, -0.2) is 15.0 Å². The Labute approximate surface area is 152 Å². The molecule has 1 aliphatic carbocycles. The zero-order valence-electron chi connectivity index (χ0n) is 15.2. The number of rotatable bonds is 3. The fraction of sp³-hybridized carbons (Fsp3) is 0.400. The molecular weight excluding hydrogens is 588 g/mol. The van der Waals surface area contributed by atoms with Crippen molar-refractivity contribution in [1.82, 2.24) is 19.4 Å². The number of ether oxygens (including phenoxy) is 1. The van der Waals surface area contributed by atoms with Gasteiger partial charge in [-0.2, -0.15) is 6.92 Å². The zero-order chi connectivity index (χ0) is 17.5. The largest absolute Gasteiger partial charge is 0.411 e. The molecule has 3 aromatic heterocycles. The third-order valence-corrected chi connectivity index (χ3v) is 5.08. The average molecular weight is 610 g/mol. The smallest absolute Gasteiger partial charge is 0.223 e. The van der Waals surface area contributed by atoms with E-state index in [1.54, 1.807) is 0 Å². The first-order chi connectivity index (χ1) is 12.8. The second-order valence-electron chi connectivity index (χ2n) is 7.28. The number of hydrogen-bond donors (Lipinski definition) is 0. The number of aromatic nitrogens is 4. The number of pyridine rings is 1. The van der Waals surface area contributed by atoms with E-state index < -0.39 is 0 Å². The van der Waals surface area contributed by atoms with Gasteiger partial charge in [0.1, 0.15) is 5.65 Å². The second kappa shape index (κ2) is 6.68. The Kier molecular flexibility index (Phi) is 4.20. The number of anilines is 1. The maximum atomic E-state index is 5.61. The predicted octanol–water partition coefficient (Wildman–Crippen LogP) is 3.10. The maximum absolute atomic E-state index is 5.61. The number of nitrogens with zero attached hydrogens (tertiary/aromatic N) is 5. The van der Waals surface area contributed by atoms with E-state index in [1.165, 1.54) is 24.3 Å².